The Balaban J connectivity index is 4.26. The van der Waals surface area contributed by atoms with E-state index in [9.17, 15) is 19.5 Å². The van der Waals surface area contributed by atoms with Crippen molar-refractivity contribution in [3.05, 3.63) is 36.5 Å². The third kappa shape index (κ3) is 42.6. The molecule has 0 spiro atoms. The molecular weight excluding hydrogens is 763 g/mol. The van der Waals surface area contributed by atoms with Gasteiger partial charge in [-0.05, 0) is 70.6 Å². The van der Waals surface area contributed by atoms with Crippen molar-refractivity contribution in [2.45, 2.75) is 244 Å². The fourth-order valence-electron chi connectivity index (χ4n) is 7.51. The lowest BCUT2D eigenvalue weighted by Crippen LogP contribution is -2.55. The molecule has 61 heavy (non-hydrogen) atoms. The van der Waals surface area contributed by atoms with Crippen LogP contribution in [-0.2, 0) is 28.6 Å². The number of quaternary nitrogens is 1. The van der Waals surface area contributed by atoms with Crippen molar-refractivity contribution in [1.29, 1.82) is 0 Å². The first-order valence-electron chi connectivity index (χ1n) is 25.5. The Morgan fingerprint density at radius 3 is 1.28 bits per heavy atom. The van der Waals surface area contributed by atoms with Crippen LogP contribution in [0.3, 0.4) is 0 Å². The molecule has 0 N–H and O–H groups in total. The number of carbonyl (C=O) groups excluding carboxylic acids is 3. The first kappa shape index (κ1) is 58.6. The number of allylic oxidation sites excluding steroid dienone is 6. The lowest BCUT2D eigenvalue weighted by Gasteiger charge is -2.34. The summed E-state index contributed by atoms with van der Waals surface area (Å²) < 4.78 is 17.2. The number of aliphatic carboxylic acids is 1. The van der Waals surface area contributed by atoms with Crippen LogP contribution in [0.5, 0.6) is 0 Å². The van der Waals surface area contributed by atoms with E-state index in [1.807, 2.05) is 0 Å². The minimum absolute atomic E-state index is 0.0381. The normalized spacial score (nSPS) is 13.1. The van der Waals surface area contributed by atoms with Crippen LogP contribution in [0, 0.1) is 0 Å². The van der Waals surface area contributed by atoms with Crippen LogP contribution < -0.4 is 5.11 Å². The van der Waals surface area contributed by atoms with E-state index >= 15 is 0 Å². The summed E-state index contributed by atoms with van der Waals surface area (Å²) in [5.41, 5.74) is 0. The lowest BCUT2D eigenvalue weighted by molar-refractivity contribution is -0.889. The molecule has 2 unspecified atom stereocenters. The fraction of sp³-hybridized carbons (Fsp3) is 0.830. The summed E-state index contributed by atoms with van der Waals surface area (Å²) >= 11 is 0. The van der Waals surface area contributed by atoms with Gasteiger partial charge >= 0.3 is 11.9 Å². The predicted octanol–water partition coefficient (Wildman–Crippen LogP) is 13.3. The molecule has 2 atom stereocenters. The molecule has 356 valence electrons. The van der Waals surface area contributed by atoms with Gasteiger partial charge in [0.2, 0.25) is 0 Å². The zero-order chi connectivity index (χ0) is 44.9. The molecule has 0 saturated carbocycles. The monoisotopic (exact) mass is 860 g/mol. The number of unbranched alkanes of at least 4 members (excludes halogenated alkanes) is 26. The van der Waals surface area contributed by atoms with Crippen LogP contribution in [0.2, 0.25) is 0 Å². The lowest BCUT2D eigenvalue weighted by atomic mass is 10.1. The first-order valence-corrected chi connectivity index (χ1v) is 25.5. The largest absolute Gasteiger partial charge is 0.544 e. The Kier molecular flexibility index (Phi) is 42.4. The Hall–Kier alpha value is -2.45. The molecule has 8 nitrogen and oxygen atoms in total. The third-order valence-electron chi connectivity index (χ3n) is 11.5. The Labute approximate surface area is 376 Å². The van der Waals surface area contributed by atoms with Crippen LogP contribution in [0.25, 0.3) is 0 Å². The topological polar surface area (TPSA) is 102 Å². The number of hydrogen-bond acceptors (Lipinski definition) is 7. The van der Waals surface area contributed by atoms with E-state index in [4.69, 9.17) is 14.2 Å². The van der Waals surface area contributed by atoms with Gasteiger partial charge in [0.25, 0.3) is 0 Å². The molecule has 0 fully saturated rings. The number of hydrogen-bond donors (Lipinski definition) is 0. The Morgan fingerprint density at radius 2 is 0.869 bits per heavy atom. The molecule has 0 aromatic rings. The smallest absolute Gasteiger partial charge is 0.306 e. The number of carboxylic acids is 1. The summed E-state index contributed by atoms with van der Waals surface area (Å²) in [6, 6.07) is -0.727. The second kappa shape index (κ2) is 44.2. The van der Waals surface area contributed by atoms with Crippen molar-refractivity contribution in [2.24, 2.45) is 0 Å². The minimum Gasteiger partial charge on any atom is -0.544 e. The fourth-order valence-corrected chi connectivity index (χ4v) is 7.51. The molecule has 0 bridgehead atoms. The summed E-state index contributed by atoms with van der Waals surface area (Å²) in [6.45, 7) is 4.66. The van der Waals surface area contributed by atoms with E-state index in [1.165, 1.54) is 141 Å². The van der Waals surface area contributed by atoms with Gasteiger partial charge in [-0.2, -0.15) is 0 Å². The maximum Gasteiger partial charge on any atom is 0.306 e. The van der Waals surface area contributed by atoms with Crippen LogP contribution >= 0.6 is 0 Å². The molecule has 0 aliphatic carbocycles. The molecule has 0 aliphatic rings. The number of carbonyl (C=O) groups is 3. The number of esters is 2. The van der Waals surface area contributed by atoms with Crippen molar-refractivity contribution in [1.82, 2.24) is 0 Å². The van der Waals surface area contributed by atoms with E-state index in [0.29, 0.717) is 12.8 Å². The molecular formula is C53H97NO7. The average molecular weight is 860 g/mol. The SMILES string of the molecule is CCCCCCC/C=C\C/C=C\CCCCCCCCCCCC(=O)OC(COCCC(C(=O)[O-])[N+](C)(C)C)COC(=O)CCCCCCC/C=C\CCCCCCCCC. The molecule has 0 amide bonds. The Morgan fingerprint density at radius 1 is 0.492 bits per heavy atom. The van der Waals surface area contributed by atoms with E-state index in [2.05, 4.69) is 50.3 Å². The number of rotatable bonds is 46. The summed E-state index contributed by atoms with van der Waals surface area (Å²) in [6.07, 6.45) is 51.7. The van der Waals surface area contributed by atoms with Crippen molar-refractivity contribution in [2.75, 3.05) is 41.0 Å². The summed E-state index contributed by atoms with van der Waals surface area (Å²) in [5.74, 6) is -1.74. The van der Waals surface area contributed by atoms with Crippen LogP contribution in [0.1, 0.15) is 232 Å². The van der Waals surface area contributed by atoms with Gasteiger partial charge in [-0.25, -0.2) is 0 Å². The van der Waals surface area contributed by atoms with Crippen molar-refractivity contribution >= 4 is 17.9 Å². The maximum absolute atomic E-state index is 12.8. The van der Waals surface area contributed by atoms with Gasteiger partial charge in [0.1, 0.15) is 12.6 Å². The number of carboxylic acid groups (broad SMARTS) is 1. The van der Waals surface area contributed by atoms with Gasteiger partial charge in [-0.1, -0.05) is 179 Å². The van der Waals surface area contributed by atoms with Crippen LogP contribution in [0.4, 0.5) is 0 Å². The number of ether oxygens (including phenoxy) is 3. The van der Waals surface area contributed by atoms with Gasteiger partial charge in [0.15, 0.2) is 6.10 Å². The highest BCUT2D eigenvalue weighted by atomic mass is 16.6. The van der Waals surface area contributed by atoms with Gasteiger partial charge in [0.05, 0.1) is 40.3 Å². The highest BCUT2D eigenvalue weighted by Crippen LogP contribution is 2.15. The quantitative estimate of drug-likeness (QED) is 0.0260. The summed E-state index contributed by atoms with van der Waals surface area (Å²) in [4.78, 5) is 37.0. The third-order valence-corrected chi connectivity index (χ3v) is 11.5. The molecule has 8 heteroatoms. The molecule has 0 aromatic carbocycles. The highest BCUT2D eigenvalue weighted by molar-refractivity contribution is 5.70. The van der Waals surface area contributed by atoms with Gasteiger partial charge in [0, 0.05) is 19.3 Å². The van der Waals surface area contributed by atoms with Gasteiger partial charge < -0.3 is 28.6 Å². The second-order valence-corrected chi connectivity index (χ2v) is 18.4. The molecule has 0 aliphatic heterocycles. The summed E-state index contributed by atoms with van der Waals surface area (Å²) in [5, 5.41) is 11.7. The molecule has 0 heterocycles. The molecule has 0 rings (SSSR count). The zero-order valence-electron chi connectivity index (χ0n) is 40.6. The molecule has 0 saturated heterocycles. The van der Waals surface area contributed by atoms with E-state index < -0.39 is 18.1 Å². The van der Waals surface area contributed by atoms with Crippen LogP contribution in [0.15, 0.2) is 36.5 Å². The van der Waals surface area contributed by atoms with E-state index in [0.717, 1.165) is 57.8 Å². The van der Waals surface area contributed by atoms with E-state index in [1.54, 1.807) is 21.1 Å². The van der Waals surface area contributed by atoms with E-state index in [-0.39, 0.29) is 42.7 Å². The minimum atomic E-state index is -1.13. The second-order valence-electron chi connectivity index (χ2n) is 18.4. The standard InChI is InChI=1S/C53H97NO7/c1-6-8-10-12-14-16-18-20-22-24-25-26-27-28-30-32-34-36-38-40-42-44-52(56)61-49(47-59-46-45-50(53(57)58)54(3,4)5)48-60-51(55)43-41-39-37-35-33-31-29-23-21-19-17-15-13-11-9-7-2/h18,20,23-25,29,49-50H,6-17,19,21-22,26-28,30-48H2,1-5H3/b20-18-,25-24-,29-23-. The van der Waals surface area contributed by atoms with Crippen LogP contribution in [-0.4, -0.2) is 75.5 Å². The molecule has 0 radical (unpaired) electrons. The predicted molar refractivity (Wildman–Crippen MR) is 254 cm³/mol. The highest BCUT2D eigenvalue weighted by Gasteiger charge is 2.25. The molecule has 0 aromatic heterocycles. The first-order chi connectivity index (χ1) is 29.6. The number of nitrogens with zero attached hydrogens (tertiary/aromatic N) is 1. The zero-order valence-corrected chi connectivity index (χ0v) is 40.6. The van der Waals surface area contributed by atoms with Crippen molar-refractivity contribution in [3.8, 4) is 0 Å². The number of likely N-dealkylation sites (N-methyl/N-ethyl adjacent to an activating group) is 1. The Bertz CT molecular complexity index is 1090. The maximum atomic E-state index is 12.8. The van der Waals surface area contributed by atoms with Gasteiger partial charge in [-0.3, -0.25) is 9.59 Å². The van der Waals surface area contributed by atoms with Crippen molar-refractivity contribution in [3.63, 3.8) is 0 Å². The van der Waals surface area contributed by atoms with Gasteiger partial charge in [-0.15, -0.1) is 0 Å². The summed E-state index contributed by atoms with van der Waals surface area (Å²) in [7, 11) is 5.41. The van der Waals surface area contributed by atoms with Crippen molar-refractivity contribution < 1.29 is 38.2 Å². The average Bonchev–Trinajstić information content (AvgIpc) is 3.22.